The van der Waals surface area contributed by atoms with Gasteiger partial charge in [-0.1, -0.05) is 129 Å². The van der Waals surface area contributed by atoms with Crippen LogP contribution in [0.25, 0.3) is 0 Å². The van der Waals surface area contributed by atoms with Gasteiger partial charge in [0.2, 0.25) is 0 Å². The van der Waals surface area contributed by atoms with Crippen LogP contribution in [0.4, 0.5) is 4.79 Å². The number of rotatable bonds is 22. The average Bonchev–Trinajstić information content (AvgIpc) is 2.74. The standard InChI is InChI=1S/C26H53NO2/c1-4-6-8-10-12-14-16-18-20-22-24-27(26(28)29-3)25-23-21-19-17-15-13-11-9-7-5-2/h4-25H2,1-3H3. The molecule has 0 fully saturated rings. The molecule has 0 saturated carbocycles. The molecule has 0 unspecified atom stereocenters. The van der Waals surface area contributed by atoms with Gasteiger partial charge in [-0.25, -0.2) is 4.79 Å². The molecule has 0 aromatic rings. The van der Waals surface area contributed by atoms with Crippen molar-refractivity contribution >= 4 is 6.09 Å². The first-order valence-electron chi connectivity index (χ1n) is 13.1. The summed E-state index contributed by atoms with van der Waals surface area (Å²) in [6.45, 7) is 6.27. The van der Waals surface area contributed by atoms with Crippen LogP contribution in [-0.2, 0) is 4.74 Å². The molecular weight excluding hydrogens is 358 g/mol. The Morgan fingerprint density at radius 3 is 1.07 bits per heavy atom. The van der Waals surface area contributed by atoms with Gasteiger partial charge in [0, 0.05) is 13.1 Å². The number of methoxy groups -OCH3 is 1. The zero-order valence-corrected chi connectivity index (χ0v) is 20.3. The molecule has 0 N–H and O–H groups in total. The molecule has 0 radical (unpaired) electrons. The predicted octanol–water partition coefficient (Wildman–Crippen LogP) is 8.90. The van der Waals surface area contributed by atoms with E-state index in [2.05, 4.69) is 13.8 Å². The zero-order valence-electron chi connectivity index (χ0n) is 20.3. The number of nitrogens with zero attached hydrogens (tertiary/aromatic N) is 1. The summed E-state index contributed by atoms with van der Waals surface area (Å²) in [7, 11) is 1.51. The Morgan fingerprint density at radius 1 is 0.517 bits per heavy atom. The van der Waals surface area contributed by atoms with E-state index in [0.29, 0.717) is 0 Å². The highest BCUT2D eigenvalue weighted by atomic mass is 16.5. The van der Waals surface area contributed by atoms with Crippen LogP contribution in [0.5, 0.6) is 0 Å². The summed E-state index contributed by atoms with van der Waals surface area (Å²) in [5.74, 6) is 0. The number of hydrogen-bond donors (Lipinski definition) is 0. The molecule has 0 aromatic heterocycles. The summed E-state index contributed by atoms with van der Waals surface area (Å²) in [4.78, 5) is 13.9. The topological polar surface area (TPSA) is 29.5 Å². The minimum Gasteiger partial charge on any atom is -0.453 e. The molecule has 0 aliphatic heterocycles. The van der Waals surface area contributed by atoms with Gasteiger partial charge in [0.15, 0.2) is 0 Å². The van der Waals surface area contributed by atoms with Crippen LogP contribution in [-0.4, -0.2) is 31.2 Å². The van der Waals surface area contributed by atoms with Crippen LogP contribution in [0, 0.1) is 0 Å². The zero-order chi connectivity index (χ0) is 21.4. The fourth-order valence-corrected chi connectivity index (χ4v) is 4.00. The Labute approximate surface area is 183 Å². The fraction of sp³-hybridized carbons (Fsp3) is 0.962. The first-order valence-corrected chi connectivity index (χ1v) is 13.1. The van der Waals surface area contributed by atoms with Gasteiger partial charge in [-0.3, -0.25) is 0 Å². The van der Waals surface area contributed by atoms with E-state index in [1.165, 1.54) is 123 Å². The molecule has 3 nitrogen and oxygen atoms in total. The van der Waals surface area contributed by atoms with Gasteiger partial charge in [-0.15, -0.1) is 0 Å². The van der Waals surface area contributed by atoms with Crippen molar-refractivity contribution in [1.82, 2.24) is 4.90 Å². The number of amides is 1. The number of unbranched alkanes of at least 4 members (excludes halogenated alkanes) is 18. The Balaban J connectivity index is 3.59. The second-order valence-corrected chi connectivity index (χ2v) is 8.82. The summed E-state index contributed by atoms with van der Waals surface area (Å²) >= 11 is 0. The quantitative estimate of drug-likeness (QED) is 0.166. The normalized spacial score (nSPS) is 11.0. The molecule has 0 aromatic carbocycles. The van der Waals surface area contributed by atoms with Crippen LogP contribution >= 0.6 is 0 Å². The van der Waals surface area contributed by atoms with Gasteiger partial charge < -0.3 is 9.64 Å². The number of carbonyl (C=O) groups excluding carboxylic acids is 1. The summed E-state index contributed by atoms with van der Waals surface area (Å²) in [5, 5.41) is 0. The van der Waals surface area contributed by atoms with Crippen molar-refractivity contribution in [2.75, 3.05) is 20.2 Å². The van der Waals surface area contributed by atoms with E-state index >= 15 is 0 Å². The van der Waals surface area contributed by atoms with Gasteiger partial charge in [-0.05, 0) is 12.8 Å². The van der Waals surface area contributed by atoms with Crippen molar-refractivity contribution in [1.29, 1.82) is 0 Å². The molecule has 29 heavy (non-hydrogen) atoms. The lowest BCUT2D eigenvalue weighted by molar-refractivity contribution is 0.121. The first kappa shape index (κ1) is 28.3. The van der Waals surface area contributed by atoms with E-state index in [-0.39, 0.29) is 6.09 Å². The minimum absolute atomic E-state index is 0.142. The maximum Gasteiger partial charge on any atom is 0.409 e. The number of hydrogen-bond acceptors (Lipinski definition) is 2. The Hall–Kier alpha value is -0.730. The number of carbonyl (C=O) groups is 1. The average molecular weight is 412 g/mol. The highest BCUT2D eigenvalue weighted by molar-refractivity contribution is 5.67. The van der Waals surface area contributed by atoms with Crippen molar-refractivity contribution in [3.63, 3.8) is 0 Å². The Kier molecular flexibility index (Phi) is 23.0. The molecule has 3 heteroatoms. The third kappa shape index (κ3) is 20.3. The third-order valence-corrected chi connectivity index (χ3v) is 6.00. The number of ether oxygens (including phenoxy) is 1. The van der Waals surface area contributed by atoms with Gasteiger partial charge in [0.05, 0.1) is 7.11 Å². The molecule has 0 spiro atoms. The predicted molar refractivity (Wildman–Crippen MR) is 128 cm³/mol. The van der Waals surface area contributed by atoms with E-state index in [1.54, 1.807) is 0 Å². The molecule has 1 amide bonds. The van der Waals surface area contributed by atoms with Gasteiger partial charge >= 0.3 is 6.09 Å². The van der Waals surface area contributed by atoms with Crippen LogP contribution in [0.1, 0.15) is 142 Å². The van der Waals surface area contributed by atoms with E-state index < -0.39 is 0 Å². The van der Waals surface area contributed by atoms with Crippen molar-refractivity contribution in [2.24, 2.45) is 0 Å². The lowest BCUT2D eigenvalue weighted by Crippen LogP contribution is -2.32. The first-order chi connectivity index (χ1) is 14.3. The smallest absolute Gasteiger partial charge is 0.409 e. The molecular formula is C26H53NO2. The minimum atomic E-state index is -0.142. The molecule has 0 aliphatic carbocycles. The van der Waals surface area contributed by atoms with Crippen LogP contribution in [0.15, 0.2) is 0 Å². The summed E-state index contributed by atoms with van der Waals surface area (Å²) in [6.07, 6.45) is 26.5. The summed E-state index contributed by atoms with van der Waals surface area (Å²) in [6, 6.07) is 0. The SMILES string of the molecule is CCCCCCCCCCCCN(CCCCCCCCCCCC)C(=O)OC. The maximum atomic E-state index is 12.0. The van der Waals surface area contributed by atoms with E-state index in [0.717, 1.165) is 25.9 Å². The molecule has 0 aliphatic rings. The van der Waals surface area contributed by atoms with Crippen molar-refractivity contribution in [3.8, 4) is 0 Å². The van der Waals surface area contributed by atoms with Crippen molar-refractivity contribution in [2.45, 2.75) is 142 Å². The summed E-state index contributed by atoms with van der Waals surface area (Å²) < 4.78 is 4.98. The molecule has 0 heterocycles. The van der Waals surface area contributed by atoms with Crippen molar-refractivity contribution in [3.05, 3.63) is 0 Å². The van der Waals surface area contributed by atoms with Crippen molar-refractivity contribution < 1.29 is 9.53 Å². The highest BCUT2D eigenvalue weighted by Gasteiger charge is 2.12. The Bertz CT molecular complexity index is 309. The second kappa shape index (κ2) is 23.5. The monoisotopic (exact) mass is 411 g/mol. The molecule has 174 valence electrons. The molecule has 0 bridgehead atoms. The Morgan fingerprint density at radius 2 is 0.793 bits per heavy atom. The lowest BCUT2D eigenvalue weighted by Gasteiger charge is -2.21. The van der Waals surface area contributed by atoms with Crippen LogP contribution in [0.3, 0.4) is 0 Å². The summed E-state index contributed by atoms with van der Waals surface area (Å²) in [5.41, 5.74) is 0. The van der Waals surface area contributed by atoms with Crippen LogP contribution in [0.2, 0.25) is 0 Å². The second-order valence-electron chi connectivity index (χ2n) is 8.82. The fourth-order valence-electron chi connectivity index (χ4n) is 4.00. The van der Waals surface area contributed by atoms with E-state index in [9.17, 15) is 4.79 Å². The molecule has 0 rings (SSSR count). The van der Waals surface area contributed by atoms with Crippen LogP contribution < -0.4 is 0 Å². The van der Waals surface area contributed by atoms with Gasteiger partial charge in [-0.2, -0.15) is 0 Å². The largest absolute Gasteiger partial charge is 0.453 e. The van der Waals surface area contributed by atoms with Gasteiger partial charge in [0.25, 0.3) is 0 Å². The third-order valence-electron chi connectivity index (χ3n) is 6.00. The lowest BCUT2D eigenvalue weighted by atomic mass is 10.1. The van der Waals surface area contributed by atoms with E-state index in [1.807, 2.05) is 4.90 Å². The van der Waals surface area contributed by atoms with E-state index in [4.69, 9.17) is 4.74 Å². The maximum absolute atomic E-state index is 12.0. The highest BCUT2D eigenvalue weighted by Crippen LogP contribution is 2.13. The molecule has 0 saturated heterocycles. The van der Waals surface area contributed by atoms with Gasteiger partial charge in [0.1, 0.15) is 0 Å². The molecule has 0 atom stereocenters.